The maximum Gasteiger partial charge on any atom is 0.217 e. The first-order valence-electron chi connectivity index (χ1n) is 3.37. The van der Waals surface area contributed by atoms with Gasteiger partial charge < -0.3 is 4.98 Å². The highest BCUT2D eigenvalue weighted by Crippen LogP contribution is 2.12. The van der Waals surface area contributed by atoms with Crippen LogP contribution in [0.4, 0.5) is 4.39 Å². The van der Waals surface area contributed by atoms with Gasteiger partial charge in [0.05, 0.1) is 0 Å². The second-order valence-electron chi connectivity index (χ2n) is 2.51. The number of aromatic amines is 1. The lowest BCUT2D eigenvalue weighted by Crippen LogP contribution is -1.87. The van der Waals surface area contributed by atoms with Gasteiger partial charge in [-0.15, -0.1) is 0 Å². The van der Waals surface area contributed by atoms with Crippen LogP contribution in [0.5, 0.6) is 0 Å². The van der Waals surface area contributed by atoms with Crippen LogP contribution in [0, 0.1) is 12.9 Å². The van der Waals surface area contributed by atoms with Crippen LogP contribution < -0.4 is 0 Å². The van der Waals surface area contributed by atoms with Gasteiger partial charge in [-0.05, 0) is 19.1 Å². The SMILES string of the molecule is Cc1cc2cc[nH]c2nc1F. The average molecular weight is 150 g/mol. The first-order valence-corrected chi connectivity index (χ1v) is 3.37. The van der Waals surface area contributed by atoms with Crippen LogP contribution in [0.15, 0.2) is 18.3 Å². The third kappa shape index (κ3) is 0.888. The molecule has 11 heavy (non-hydrogen) atoms. The highest BCUT2D eigenvalue weighted by molar-refractivity contribution is 5.75. The van der Waals surface area contributed by atoms with Crippen molar-refractivity contribution in [2.24, 2.45) is 0 Å². The molecule has 1 N–H and O–H groups in total. The van der Waals surface area contributed by atoms with Gasteiger partial charge in [0.1, 0.15) is 5.65 Å². The summed E-state index contributed by atoms with van der Waals surface area (Å²) in [6.45, 7) is 1.70. The molecule has 0 aliphatic carbocycles. The van der Waals surface area contributed by atoms with E-state index in [0.717, 1.165) is 5.39 Å². The fourth-order valence-corrected chi connectivity index (χ4v) is 1.07. The van der Waals surface area contributed by atoms with E-state index in [1.165, 1.54) is 0 Å². The lowest BCUT2D eigenvalue weighted by atomic mass is 10.2. The smallest absolute Gasteiger partial charge is 0.217 e. The minimum absolute atomic E-state index is 0.403. The molecule has 2 aromatic heterocycles. The second kappa shape index (κ2) is 2.05. The normalized spacial score (nSPS) is 10.7. The third-order valence-electron chi connectivity index (χ3n) is 1.66. The number of aromatic nitrogens is 2. The Morgan fingerprint density at radius 3 is 3.18 bits per heavy atom. The largest absolute Gasteiger partial charge is 0.346 e. The van der Waals surface area contributed by atoms with Gasteiger partial charge >= 0.3 is 0 Å². The fraction of sp³-hybridized carbons (Fsp3) is 0.125. The van der Waals surface area contributed by atoms with Crippen molar-refractivity contribution in [3.63, 3.8) is 0 Å². The van der Waals surface area contributed by atoms with Crippen molar-refractivity contribution in [1.82, 2.24) is 9.97 Å². The number of hydrogen-bond acceptors (Lipinski definition) is 1. The summed E-state index contributed by atoms with van der Waals surface area (Å²) in [5.41, 5.74) is 1.19. The Balaban J connectivity index is 2.86. The molecule has 0 atom stereocenters. The number of fused-ring (bicyclic) bond motifs is 1. The molecule has 0 radical (unpaired) electrons. The summed E-state index contributed by atoms with van der Waals surface area (Å²) in [6, 6.07) is 3.64. The molecule has 0 aliphatic rings. The summed E-state index contributed by atoms with van der Waals surface area (Å²) >= 11 is 0. The monoisotopic (exact) mass is 150 g/mol. The van der Waals surface area contributed by atoms with Crippen LogP contribution in [-0.2, 0) is 0 Å². The zero-order valence-corrected chi connectivity index (χ0v) is 6.06. The number of rotatable bonds is 0. The standard InChI is InChI=1S/C8H7FN2/c1-5-4-6-2-3-10-8(6)11-7(5)9/h2-4H,1H3,(H,10,11). The summed E-state index contributed by atoms with van der Waals surface area (Å²) in [6.07, 6.45) is 1.75. The molecule has 2 heterocycles. The van der Waals surface area contributed by atoms with E-state index in [4.69, 9.17) is 0 Å². The van der Waals surface area contributed by atoms with Crippen LogP contribution in [0.3, 0.4) is 0 Å². The molecule has 0 saturated carbocycles. The average Bonchev–Trinajstić information content (AvgIpc) is 2.36. The number of nitrogens with one attached hydrogen (secondary N) is 1. The number of halogens is 1. The van der Waals surface area contributed by atoms with Gasteiger partial charge in [-0.3, -0.25) is 0 Å². The van der Waals surface area contributed by atoms with Crippen LogP contribution >= 0.6 is 0 Å². The van der Waals surface area contributed by atoms with E-state index in [1.54, 1.807) is 19.2 Å². The quantitative estimate of drug-likeness (QED) is 0.572. The minimum atomic E-state index is -0.403. The topological polar surface area (TPSA) is 28.7 Å². The van der Waals surface area contributed by atoms with Crippen LogP contribution in [0.2, 0.25) is 0 Å². The van der Waals surface area contributed by atoms with Crippen molar-refractivity contribution >= 4 is 11.0 Å². The Morgan fingerprint density at radius 2 is 2.36 bits per heavy atom. The van der Waals surface area contributed by atoms with Crippen molar-refractivity contribution in [1.29, 1.82) is 0 Å². The molecule has 0 aromatic carbocycles. The van der Waals surface area contributed by atoms with Crippen LogP contribution in [-0.4, -0.2) is 9.97 Å². The minimum Gasteiger partial charge on any atom is -0.346 e. The molecule has 0 unspecified atom stereocenters. The van der Waals surface area contributed by atoms with Gasteiger partial charge in [0.2, 0.25) is 5.95 Å². The maximum absolute atomic E-state index is 12.8. The van der Waals surface area contributed by atoms with E-state index < -0.39 is 5.95 Å². The van der Waals surface area contributed by atoms with E-state index >= 15 is 0 Å². The van der Waals surface area contributed by atoms with Crippen molar-refractivity contribution in [3.8, 4) is 0 Å². The van der Waals surface area contributed by atoms with Crippen molar-refractivity contribution in [3.05, 3.63) is 29.8 Å². The van der Waals surface area contributed by atoms with Crippen molar-refractivity contribution < 1.29 is 4.39 Å². The summed E-state index contributed by atoms with van der Waals surface area (Å²) < 4.78 is 12.8. The van der Waals surface area contributed by atoms with Crippen molar-refractivity contribution in [2.45, 2.75) is 6.92 Å². The molecule has 56 valence electrons. The van der Waals surface area contributed by atoms with Gasteiger partial charge in [-0.25, -0.2) is 4.98 Å². The lowest BCUT2D eigenvalue weighted by Gasteiger charge is -1.93. The second-order valence-corrected chi connectivity index (χ2v) is 2.51. The van der Waals surface area contributed by atoms with Crippen LogP contribution in [0.25, 0.3) is 11.0 Å². The predicted octanol–water partition coefficient (Wildman–Crippen LogP) is 2.01. The predicted molar refractivity (Wildman–Crippen MR) is 40.8 cm³/mol. The Morgan fingerprint density at radius 1 is 1.55 bits per heavy atom. The van der Waals surface area contributed by atoms with Gasteiger partial charge in [-0.1, -0.05) is 0 Å². The van der Waals surface area contributed by atoms with Gasteiger partial charge in [0.25, 0.3) is 0 Å². The van der Waals surface area contributed by atoms with E-state index in [0.29, 0.717) is 11.2 Å². The fourth-order valence-electron chi connectivity index (χ4n) is 1.07. The number of pyridine rings is 1. The Hall–Kier alpha value is -1.38. The third-order valence-corrected chi connectivity index (χ3v) is 1.66. The number of H-pyrrole nitrogens is 1. The van der Waals surface area contributed by atoms with E-state index in [2.05, 4.69) is 9.97 Å². The van der Waals surface area contributed by atoms with E-state index in [9.17, 15) is 4.39 Å². The van der Waals surface area contributed by atoms with Gasteiger partial charge in [-0.2, -0.15) is 4.39 Å². The molecule has 2 aromatic rings. The molecule has 0 amide bonds. The van der Waals surface area contributed by atoms with E-state index in [-0.39, 0.29) is 0 Å². The molecule has 2 rings (SSSR count). The number of hydrogen-bond donors (Lipinski definition) is 1. The molecule has 2 nitrogen and oxygen atoms in total. The molecule has 0 bridgehead atoms. The van der Waals surface area contributed by atoms with Crippen molar-refractivity contribution in [2.75, 3.05) is 0 Å². The summed E-state index contributed by atoms with van der Waals surface area (Å²) in [5.74, 6) is -0.403. The first kappa shape index (κ1) is 6.34. The summed E-state index contributed by atoms with van der Waals surface area (Å²) in [4.78, 5) is 6.55. The Kier molecular flexibility index (Phi) is 1.18. The lowest BCUT2D eigenvalue weighted by molar-refractivity contribution is 0.579. The highest BCUT2D eigenvalue weighted by Gasteiger charge is 2.01. The maximum atomic E-state index is 12.8. The molecule has 0 saturated heterocycles. The molecular weight excluding hydrogens is 143 g/mol. The molecule has 0 aliphatic heterocycles. The first-order chi connectivity index (χ1) is 5.27. The molecular formula is C8H7FN2. The zero-order valence-electron chi connectivity index (χ0n) is 6.06. The number of nitrogens with zero attached hydrogens (tertiary/aromatic N) is 1. The van der Waals surface area contributed by atoms with Gasteiger partial charge in [0, 0.05) is 17.1 Å². The summed E-state index contributed by atoms with van der Waals surface area (Å²) in [7, 11) is 0. The Labute approximate surface area is 63.1 Å². The Bertz CT molecular complexity index is 356. The molecule has 0 fully saturated rings. The number of aryl methyl sites for hydroxylation is 1. The van der Waals surface area contributed by atoms with E-state index in [1.807, 2.05) is 6.07 Å². The molecule has 0 spiro atoms. The highest BCUT2D eigenvalue weighted by atomic mass is 19.1. The molecule has 3 heteroatoms. The van der Waals surface area contributed by atoms with Gasteiger partial charge in [0.15, 0.2) is 0 Å². The zero-order chi connectivity index (χ0) is 7.84. The van der Waals surface area contributed by atoms with Crippen LogP contribution in [0.1, 0.15) is 5.56 Å². The summed E-state index contributed by atoms with van der Waals surface area (Å²) in [5, 5.41) is 0.948.